The third kappa shape index (κ3) is 5.20. The second-order valence-corrected chi connectivity index (χ2v) is 7.01. The standard InChI is InChI=1S/C15H15Cl3N2O2/c1-2-12(15(16,17)18)9-21-13-6-3-11(4-7-13)5-8-14-20-19-10-22-14/h3-8,10,12H,2,9H2,1H3. The molecule has 1 unspecified atom stereocenters. The molecule has 4 nitrogen and oxygen atoms in total. The maximum atomic E-state index is 5.90. The Morgan fingerprint density at radius 1 is 1.23 bits per heavy atom. The highest BCUT2D eigenvalue weighted by molar-refractivity contribution is 6.67. The van der Waals surface area contributed by atoms with Gasteiger partial charge in [0.1, 0.15) is 5.75 Å². The van der Waals surface area contributed by atoms with Gasteiger partial charge in [0, 0.05) is 12.0 Å². The molecule has 0 N–H and O–H groups in total. The van der Waals surface area contributed by atoms with Gasteiger partial charge in [-0.25, -0.2) is 0 Å². The zero-order valence-electron chi connectivity index (χ0n) is 11.9. The summed E-state index contributed by atoms with van der Waals surface area (Å²) in [4.78, 5) is 0. The van der Waals surface area contributed by atoms with Crippen molar-refractivity contribution in [1.82, 2.24) is 10.2 Å². The van der Waals surface area contributed by atoms with Crippen LogP contribution in [0.15, 0.2) is 35.1 Å². The zero-order valence-corrected chi connectivity index (χ0v) is 14.1. The Labute approximate surface area is 144 Å². The first kappa shape index (κ1) is 17.1. The number of hydrogen-bond acceptors (Lipinski definition) is 4. The zero-order chi connectivity index (χ0) is 16.0. The van der Waals surface area contributed by atoms with Gasteiger partial charge in [0.05, 0.1) is 6.61 Å². The summed E-state index contributed by atoms with van der Waals surface area (Å²) in [6.45, 7) is 2.31. The van der Waals surface area contributed by atoms with Crippen molar-refractivity contribution in [2.45, 2.75) is 17.1 Å². The largest absolute Gasteiger partial charge is 0.493 e. The molecule has 22 heavy (non-hydrogen) atoms. The number of ether oxygens (including phenoxy) is 1. The number of alkyl halides is 3. The molecular formula is C15H15Cl3N2O2. The van der Waals surface area contributed by atoms with E-state index in [0.29, 0.717) is 12.5 Å². The summed E-state index contributed by atoms with van der Waals surface area (Å²) in [5.74, 6) is 1.02. The van der Waals surface area contributed by atoms with Crippen LogP contribution in [0.3, 0.4) is 0 Å². The lowest BCUT2D eigenvalue weighted by molar-refractivity contribution is 0.246. The van der Waals surface area contributed by atoms with Crippen LogP contribution < -0.4 is 4.74 Å². The maximum Gasteiger partial charge on any atom is 0.240 e. The number of aromatic nitrogens is 2. The number of hydrogen-bond donors (Lipinski definition) is 0. The summed E-state index contributed by atoms with van der Waals surface area (Å²) in [5, 5.41) is 7.36. The van der Waals surface area contributed by atoms with Crippen LogP contribution in [-0.4, -0.2) is 20.6 Å². The molecule has 2 aromatic rings. The van der Waals surface area contributed by atoms with Crippen LogP contribution in [0.5, 0.6) is 5.75 Å². The molecule has 0 saturated carbocycles. The van der Waals surface area contributed by atoms with Crippen molar-refractivity contribution < 1.29 is 9.15 Å². The number of halogens is 3. The van der Waals surface area contributed by atoms with Gasteiger partial charge < -0.3 is 9.15 Å². The van der Waals surface area contributed by atoms with Crippen LogP contribution in [-0.2, 0) is 0 Å². The molecule has 2 rings (SSSR count). The van der Waals surface area contributed by atoms with E-state index in [1.165, 1.54) is 6.39 Å². The van der Waals surface area contributed by atoms with Crippen LogP contribution in [0.2, 0.25) is 0 Å². The van der Waals surface area contributed by atoms with E-state index < -0.39 is 3.79 Å². The second kappa shape index (κ2) is 7.86. The third-order valence-electron chi connectivity index (χ3n) is 3.08. The van der Waals surface area contributed by atoms with Crippen molar-refractivity contribution >= 4 is 47.0 Å². The van der Waals surface area contributed by atoms with E-state index in [9.17, 15) is 0 Å². The van der Waals surface area contributed by atoms with E-state index in [1.54, 1.807) is 6.08 Å². The maximum absolute atomic E-state index is 5.90. The lowest BCUT2D eigenvalue weighted by Gasteiger charge is -2.23. The van der Waals surface area contributed by atoms with Gasteiger partial charge in [-0.15, -0.1) is 10.2 Å². The lowest BCUT2D eigenvalue weighted by atomic mass is 10.1. The van der Waals surface area contributed by atoms with Crippen molar-refractivity contribution in [2.24, 2.45) is 5.92 Å². The molecule has 0 aliphatic heterocycles. The first-order valence-electron chi connectivity index (χ1n) is 6.73. The summed E-state index contributed by atoms with van der Waals surface area (Å²) in [7, 11) is 0. The highest BCUT2D eigenvalue weighted by atomic mass is 35.6. The number of benzene rings is 1. The SMILES string of the molecule is CCC(COc1ccc(C=Cc2nnco2)cc1)C(Cl)(Cl)Cl. The van der Waals surface area contributed by atoms with Gasteiger partial charge in [-0.1, -0.05) is 53.9 Å². The summed E-state index contributed by atoms with van der Waals surface area (Å²) >= 11 is 17.7. The Hall–Kier alpha value is -1.23. The van der Waals surface area contributed by atoms with E-state index in [0.717, 1.165) is 17.7 Å². The van der Waals surface area contributed by atoms with Crippen LogP contribution in [0.25, 0.3) is 12.2 Å². The highest BCUT2D eigenvalue weighted by Crippen LogP contribution is 2.37. The molecule has 0 aliphatic carbocycles. The van der Waals surface area contributed by atoms with E-state index in [4.69, 9.17) is 44.0 Å². The van der Waals surface area contributed by atoms with Crippen molar-refractivity contribution in [3.63, 3.8) is 0 Å². The topological polar surface area (TPSA) is 48.2 Å². The predicted octanol–water partition coefficient (Wildman–Crippen LogP) is 5.02. The van der Waals surface area contributed by atoms with Gasteiger partial charge in [0.2, 0.25) is 12.3 Å². The van der Waals surface area contributed by atoms with Crippen molar-refractivity contribution in [3.8, 4) is 5.75 Å². The van der Waals surface area contributed by atoms with Gasteiger partial charge >= 0.3 is 0 Å². The average molecular weight is 362 g/mol. The van der Waals surface area contributed by atoms with Crippen LogP contribution in [0.1, 0.15) is 24.8 Å². The molecule has 0 saturated heterocycles. The van der Waals surface area contributed by atoms with E-state index in [-0.39, 0.29) is 5.92 Å². The molecule has 7 heteroatoms. The summed E-state index contributed by atoms with van der Waals surface area (Å²) in [6, 6.07) is 7.55. The minimum absolute atomic E-state index is 0.158. The van der Waals surface area contributed by atoms with Crippen LogP contribution >= 0.6 is 34.8 Å². The van der Waals surface area contributed by atoms with Gasteiger partial charge in [-0.3, -0.25) is 0 Å². The van der Waals surface area contributed by atoms with Crippen molar-refractivity contribution in [1.29, 1.82) is 0 Å². The van der Waals surface area contributed by atoms with E-state index in [1.807, 2.05) is 37.3 Å². The van der Waals surface area contributed by atoms with Crippen LogP contribution in [0.4, 0.5) is 0 Å². The minimum Gasteiger partial charge on any atom is -0.493 e. The normalized spacial score (nSPS) is 13.5. The van der Waals surface area contributed by atoms with Crippen LogP contribution in [0, 0.1) is 5.92 Å². The fraction of sp³-hybridized carbons (Fsp3) is 0.333. The molecule has 118 valence electrons. The van der Waals surface area contributed by atoms with Gasteiger partial charge in [-0.05, 0) is 30.2 Å². The first-order chi connectivity index (χ1) is 10.5. The average Bonchev–Trinajstić information content (AvgIpc) is 2.99. The molecule has 1 aromatic carbocycles. The van der Waals surface area contributed by atoms with E-state index >= 15 is 0 Å². The molecule has 0 spiro atoms. The Morgan fingerprint density at radius 2 is 1.95 bits per heavy atom. The summed E-state index contributed by atoms with van der Waals surface area (Å²) in [6.07, 6.45) is 5.61. The molecule has 1 atom stereocenters. The Bertz CT molecular complexity index is 592. The van der Waals surface area contributed by atoms with Crippen molar-refractivity contribution in [3.05, 3.63) is 42.1 Å². The highest BCUT2D eigenvalue weighted by Gasteiger charge is 2.31. The molecule has 0 bridgehead atoms. The quantitative estimate of drug-likeness (QED) is 0.678. The molecule has 0 radical (unpaired) electrons. The molecule has 1 heterocycles. The number of nitrogens with zero attached hydrogens (tertiary/aromatic N) is 2. The smallest absolute Gasteiger partial charge is 0.240 e. The molecular weight excluding hydrogens is 347 g/mol. The van der Waals surface area contributed by atoms with Gasteiger partial charge in [-0.2, -0.15) is 0 Å². The summed E-state index contributed by atoms with van der Waals surface area (Å²) in [5.41, 5.74) is 0.985. The Balaban J connectivity index is 1.92. The van der Waals surface area contributed by atoms with Gasteiger partial charge in [0.15, 0.2) is 3.79 Å². The predicted molar refractivity (Wildman–Crippen MR) is 89.2 cm³/mol. The Morgan fingerprint density at radius 3 is 2.50 bits per heavy atom. The second-order valence-electron chi connectivity index (χ2n) is 4.64. The lowest BCUT2D eigenvalue weighted by Crippen LogP contribution is -2.25. The van der Waals surface area contributed by atoms with Gasteiger partial charge in [0.25, 0.3) is 0 Å². The number of rotatable bonds is 6. The monoisotopic (exact) mass is 360 g/mol. The molecule has 0 amide bonds. The van der Waals surface area contributed by atoms with Crippen molar-refractivity contribution in [2.75, 3.05) is 6.61 Å². The Kier molecular flexibility index (Phi) is 6.12. The minimum atomic E-state index is -1.32. The summed E-state index contributed by atoms with van der Waals surface area (Å²) < 4.78 is 9.37. The third-order valence-corrected chi connectivity index (χ3v) is 4.01. The fourth-order valence-electron chi connectivity index (χ4n) is 1.74. The first-order valence-corrected chi connectivity index (χ1v) is 7.86. The van der Waals surface area contributed by atoms with E-state index in [2.05, 4.69) is 10.2 Å². The molecule has 1 aromatic heterocycles. The molecule has 0 aliphatic rings. The fourth-order valence-corrected chi connectivity index (χ4v) is 2.39. The molecule has 0 fully saturated rings.